The van der Waals surface area contributed by atoms with Gasteiger partial charge in [0.1, 0.15) is 0 Å². The summed E-state index contributed by atoms with van der Waals surface area (Å²) in [7, 11) is 0. The molecule has 0 N–H and O–H groups in total. The van der Waals surface area contributed by atoms with Crippen LogP contribution in [0.5, 0.6) is 0 Å². The van der Waals surface area contributed by atoms with E-state index in [9.17, 15) is 0 Å². The highest BCUT2D eigenvalue weighted by atomic mass is 15.2. The molecule has 2 aliphatic heterocycles. The molecule has 2 aliphatic rings. The van der Waals surface area contributed by atoms with Crippen molar-refractivity contribution < 1.29 is 0 Å². The maximum atomic E-state index is 2.67. The third-order valence-corrected chi connectivity index (χ3v) is 19.6. The average Bonchev–Trinajstić information content (AvgIpc) is 0.695. The third kappa shape index (κ3) is 9.57. The molecule has 0 atom stereocenters. The molecule has 0 spiro atoms. The molecule has 0 saturated carbocycles. The molecule has 0 radical (unpaired) electrons. The van der Waals surface area contributed by atoms with Crippen molar-refractivity contribution in [2.45, 2.75) is 78.6 Å². The van der Waals surface area contributed by atoms with Crippen molar-refractivity contribution in [1.29, 1.82) is 0 Å². The van der Waals surface area contributed by atoms with Crippen LogP contribution in [0.25, 0.3) is 76.8 Å². The fraction of sp³-hybridized carbons (Fsp3) is 0.136. The standard InChI is InChI=1S/C88H74BN3/c1-86(2,3)65-40-44-70(45-41-65)91-79-56-71(90(68-30-18-12-19-31-68)69-32-20-13-21-33-69)46-47-75(79)89-76-55-67(88(7,8)9)43-49-78(76)92(81-53-64(52-80(91)85(81)89)84-72(57-24-14-10-15-25-57)34-23-35-73(84)58-26-16-11-17-27-58)77-48-42-66(87(4,5)6)54-74(77)63-50-61-38-36-59-28-22-29-60-37-39-62(51-63)83(61)82(59)60/h10-56H,1-9H3. The molecule has 0 aliphatic carbocycles. The van der Waals surface area contributed by atoms with Gasteiger partial charge in [-0.25, -0.2) is 0 Å². The number of nitrogens with zero attached hydrogens (tertiary/aromatic N) is 3. The molecule has 444 valence electrons. The summed E-state index contributed by atoms with van der Waals surface area (Å²) in [5.74, 6) is 0. The van der Waals surface area contributed by atoms with Crippen LogP contribution >= 0.6 is 0 Å². The fourth-order valence-electron chi connectivity index (χ4n) is 14.9. The van der Waals surface area contributed by atoms with Crippen molar-refractivity contribution in [2.24, 2.45) is 0 Å². The number of benzene rings is 14. The van der Waals surface area contributed by atoms with Crippen LogP contribution in [0.15, 0.2) is 285 Å². The molecule has 4 heteroatoms. The predicted octanol–water partition coefficient (Wildman–Crippen LogP) is 22.7. The Morgan fingerprint density at radius 3 is 1.32 bits per heavy atom. The molecule has 16 rings (SSSR count). The van der Waals surface area contributed by atoms with E-state index in [4.69, 9.17) is 0 Å². The summed E-state index contributed by atoms with van der Waals surface area (Å²) < 4.78 is 0. The van der Waals surface area contributed by atoms with E-state index in [1.54, 1.807) is 0 Å². The van der Waals surface area contributed by atoms with Gasteiger partial charge in [0.05, 0.1) is 5.69 Å². The monoisotopic (exact) mass is 1180 g/mol. The highest BCUT2D eigenvalue weighted by molar-refractivity contribution is 7.00. The average molecular weight is 1180 g/mol. The largest absolute Gasteiger partial charge is 0.311 e. The maximum absolute atomic E-state index is 2.67. The molecule has 2 heterocycles. The van der Waals surface area contributed by atoms with Crippen LogP contribution in [0.4, 0.5) is 51.2 Å². The number of fused-ring (bicyclic) bond motifs is 4. The van der Waals surface area contributed by atoms with E-state index in [0.717, 1.165) is 51.1 Å². The van der Waals surface area contributed by atoms with Crippen molar-refractivity contribution >= 4 is 107 Å². The molecule has 0 aromatic heterocycles. The minimum absolute atomic E-state index is 0.0540. The molecule has 3 nitrogen and oxygen atoms in total. The molecule has 14 aromatic carbocycles. The molecular formula is C88H74BN3. The second-order valence-electron chi connectivity index (χ2n) is 28.6. The second-order valence-corrected chi connectivity index (χ2v) is 28.6. The number of para-hydroxylation sites is 2. The van der Waals surface area contributed by atoms with Crippen LogP contribution in [0.1, 0.15) is 79.0 Å². The van der Waals surface area contributed by atoms with Gasteiger partial charge in [0.15, 0.2) is 0 Å². The zero-order valence-electron chi connectivity index (χ0n) is 54.1. The number of hydrogen-bond donors (Lipinski definition) is 0. The Morgan fingerprint density at radius 1 is 0.283 bits per heavy atom. The summed E-state index contributed by atoms with van der Waals surface area (Å²) >= 11 is 0. The maximum Gasteiger partial charge on any atom is 0.252 e. The summed E-state index contributed by atoms with van der Waals surface area (Å²) in [5.41, 5.74) is 26.9. The first kappa shape index (κ1) is 56.8. The molecule has 0 bridgehead atoms. The van der Waals surface area contributed by atoms with Crippen LogP contribution in [0, 0.1) is 0 Å². The molecule has 92 heavy (non-hydrogen) atoms. The fourth-order valence-corrected chi connectivity index (χ4v) is 14.9. The zero-order valence-corrected chi connectivity index (χ0v) is 54.1. The predicted molar refractivity (Wildman–Crippen MR) is 397 cm³/mol. The smallest absolute Gasteiger partial charge is 0.252 e. The van der Waals surface area contributed by atoms with Gasteiger partial charge in [0, 0.05) is 51.1 Å². The lowest BCUT2D eigenvalue weighted by Crippen LogP contribution is -2.61. The summed E-state index contributed by atoms with van der Waals surface area (Å²) in [5, 5.41) is 7.68. The van der Waals surface area contributed by atoms with Gasteiger partial charge in [-0.2, -0.15) is 0 Å². The van der Waals surface area contributed by atoms with Crippen molar-refractivity contribution in [3.63, 3.8) is 0 Å². The first-order valence-electron chi connectivity index (χ1n) is 32.7. The number of rotatable bonds is 9. The second kappa shape index (κ2) is 21.6. The Balaban J connectivity index is 1.05. The molecule has 0 amide bonds. The highest BCUT2D eigenvalue weighted by Crippen LogP contribution is 2.53. The van der Waals surface area contributed by atoms with Crippen molar-refractivity contribution in [3.05, 3.63) is 302 Å². The molecule has 0 fully saturated rings. The van der Waals surface area contributed by atoms with E-state index in [-0.39, 0.29) is 23.0 Å². The Hall–Kier alpha value is -10.4. The summed E-state index contributed by atoms with van der Waals surface area (Å²) in [4.78, 5) is 7.70. The van der Waals surface area contributed by atoms with Crippen molar-refractivity contribution in [1.82, 2.24) is 0 Å². The van der Waals surface area contributed by atoms with Crippen LogP contribution in [0.2, 0.25) is 0 Å². The van der Waals surface area contributed by atoms with E-state index in [1.807, 2.05) is 0 Å². The summed E-state index contributed by atoms with van der Waals surface area (Å²) in [6.45, 7) is 20.9. The number of hydrogen-bond acceptors (Lipinski definition) is 3. The summed E-state index contributed by atoms with van der Waals surface area (Å²) in [6.07, 6.45) is 0. The Kier molecular flexibility index (Phi) is 13.4. The zero-order chi connectivity index (χ0) is 62.8. The third-order valence-electron chi connectivity index (χ3n) is 19.6. The molecule has 14 aromatic rings. The van der Waals surface area contributed by atoms with Gasteiger partial charge in [-0.15, -0.1) is 0 Å². The number of anilines is 9. The van der Waals surface area contributed by atoms with Crippen LogP contribution in [0.3, 0.4) is 0 Å². The molecular weight excluding hydrogens is 1110 g/mol. The minimum Gasteiger partial charge on any atom is -0.311 e. The van der Waals surface area contributed by atoms with E-state index in [1.165, 1.54) is 110 Å². The Morgan fingerprint density at radius 2 is 0.761 bits per heavy atom. The van der Waals surface area contributed by atoms with E-state index >= 15 is 0 Å². The first-order chi connectivity index (χ1) is 44.5. The highest BCUT2D eigenvalue weighted by Gasteiger charge is 2.45. The van der Waals surface area contributed by atoms with Crippen LogP contribution < -0.4 is 31.1 Å². The Labute approximate surface area is 542 Å². The van der Waals surface area contributed by atoms with Gasteiger partial charge < -0.3 is 14.7 Å². The van der Waals surface area contributed by atoms with E-state index in [0.29, 0.717) is 0 Å². The lowest BCUT2D eigenvalue weighted by Gasteiger charge is -2.45. The minimum atomic E-state index is -0.161. The lowest BCUT2D eigenvalue weighted by molar-refractivity contribution is 0.590. The van der Waals surface area contributed by atoms with E-state index in [2.05, 4.69) is 362 Å². The van der Waals surface area contributed by atoms with E-state index < -0.39 is 0 Å². The van der Waals surface area contributed by atoms with Gasteiger partial charge >= 0.3 is 0 Å². The van der Waals surface area contributed by atoms with Gasteiger partial charge in [-0.1, -0.05) is 256 Å². The van der Waals surface area contributed by atoms with Gasteiger partial charge in [-0.3, -0.25) is 0 Å². The van der Waals surface area contributed by atoms with Crippen molar-refractivity contribution in [3.8, 4) is 44.5 Å². The van der Waals surface area contributed by atoms with Gasteiger partial charge in [0.2, 0.25) is 0 Å². The van der Waals surface area contributed by atoms with Crippen molar-refractivity contribution in [2.75, 3.05) is 14.7 Å². The van der Waals surface area contributed by atoms with Crippen LogP contribution in [-0.2, 0) is 16.2 Å². The van der Waals surface area contributed by atoms with Gasteiger partial charge in [-0.05, 0) is 212 Å². The molecule has 0 saturated heterocycles. The quantitative estimate of drug-likeness (QED) is 0.105. The normalized spacial score (nSPS) is 13.0. The first-order valence-corrected chi connectivity index (χ1v) is 32.7. The lowest BCUT2D eigenvalue weighted by atomic mass is 9.33. The summed E-state index contributed by atoms with van der Waals surface area (Å²) in [6, 6.07) is 108. The topological polar surface area (TPSA) is 9.72 Å². The molecule has 0 unspecified atom stereocenters. The SMILES string of the molecule is CC(C)(C)c1ccc(N2c3cc(N(c4ccccc4)c4ccccc4)ccc3B3c4cc(C(C)(C)C)ccc4N(c4ccc(C(C)(C)C)cc4-c4cc5ccc6cccc7ccc(c4)c5c67)c4cc(-c5c(-c6ccccc6)cccc5-c5ccccc5)cc2c43)cc1. The Bertz CT molecular complexity index is 4990. The van der Waals surface area contributed by atoms with Gasteiger partial charge in [0.25, 0.3) is 6.71 Å². The van der Waals surface area contributed by atoms with Crippen LogP contribution in [-0.4, -0.2) is 6.71 Å².